The lowest BCUT2D eigenvalue weighted by molar-refractivity contribution is -0.112. The van der Waals surface area contributed by atoms with Crippen LogP contribution in [0.5, 0.6) is 11.5 Å². The van der Waals surface area contributed by atoms with Gasteiger partial charge in [0.2, 0.25) is 0 Å². The van der Waals surface area contributed by atoms with Crippen LogP contribution in [0.1, 0.15) is 53.1 Å². The number of benzene rings is 3. The monoisotopic (exact) mass is 576 g/mol. The van der Waals surface area contributed by atoms with Gasteiger partial charge in [-0.1, -0.05) is 45.0 Å². The van der Waals surface area contributed by atoms with Gasteiger partial charge in [0.15, 0.2) is 0 Å². The number of aryl methyl sites for hydroxylation is 1. The number of carbonyl (C=O) groups is 3. The molecule has 5 rings (SSSR count). The fraction of sp³-hybridized carbons (Fsp3) is 0.176. The van der Waals surface area contributed by atoms with Crippen molar-refractivity contribution in [2.24, 2.45) is 0 Å². The van der Waals surface area contributed by atoms with Gasteiger partial charge in [-0.25, -0.2) is 0 Å². The van der Waals surface area contributed by atoms with Crippen LogP contribution in [-0.4, -0.2) is 29.6 Å². The summed E-state index contributed by atoms with van der Waals surface area (Å²) in [5, 5.41) is 10.1. The molecule has 0 radical (unpaired) electrons. The van der Waals surface area contributed by atoms with Gasteiger partial charge in [0.05, 0.1) is 5.69 Å². The van der Waals surface area contributed by atoms with Crippen molar-refractivity contribution in [1.29, 1.82) is 0 Å². The van der Waals surface area contributed by atoms with Gasteiger partial charge in [0, 0.05) is 53.1 Å². The van der Waals surface area contributed by atoms with Crippen LogP contribution < -0.4 is 20.7 Å². The third kappa shape index (κ3) is 6.41. The van der Waals surface area contributed by atoms with Crippen LogP contribution in [0.25, 0.3) is 10.8 Å². The molecule has 5 aromatic rings. The minimum atomic E-state index is -0.734. The van der Waals surface area contributed by atoms with Crippen molar-refractivity contribution < 1.29 is 23.5 Å². The summed E-state index contributed by atoms with van der Waals surface area (Å²) in [6.07, 6.45) is 1.51. The summed E-state index contributed by atoms with van der Waals surface area (Å²) in [5.74, 6) is 0.664. The number of pyridine rings is 1. The quantitative estimate of drug-likeness (QED) is 0.132. The van der Waals surface area contributed by atoms with Gasteiger partial charge >= 0.3 is 0 Å². The molecule has 9 nitrogen and oxygen atoms in total. The fourth-order valence-electron chi connectivity index (χ4n) is 4.51. The molecule has 218 valence electrons. The summed E-state index contributed by atoms with van der Waals surface area (Å²) in [4.78, 5) is 42.2. The van der Waals surface area contributed by atoms with E-state index in [9.17, 15) is 14.4 Å². The molecule has 2 heterocycles. The van der Waals surface area contributed by atoms with Gasteiger partial charge in [-0.15, -0.1) is 0 Å². The molecule has 0 fully saturated rings. The van der Waals surface area contributed by atoms with E-state index in [1.165, 1.54) is 6.20 Å². The standard InChI is InChI=1S/C34H32N4O5/c1-20-28(19-30(42-20)34(2,3)4)38-33(41)31(39)26-14-15-27(25-9-7-6-8-24(25)26)37-21-10-12-22(13-11-21)43-23-16-17-36-29(18-23)32(40)35-5/h6-19,37H,1-5H3,(H,35,40)(H,38,41). The van der Waals surface area contributed by atoms with E-state index in [-0.39, 0.29) is 17.0 Å². The maximum absolute atomic E-state index is 13.3. The Balaban J connectivity index is 1.33. The van der Waals surface area contributed by atoms with Crippen molar-refractivity contribution in [1.82, 2.24) is 10.3 Å². The summed E-state index contributed by atoms with van der Waals surface area (Å²) < 4.78 is 11.7. The first kappa shape index (κ1) is 29.1. The predicted octanol–water partition coefficient (Wildman–Crippen LogP) is 7.15. The number of rotatable bonds is 8. The molecule has 0 aliphatic carbocycles. The molecular formula is C34H32N4O5. The third-order valence-corrected chi connectivity index (χ3v) is 6.84. The number of furan rings is 1. The lowest BCUT2D eigenvalue weighted by atomic mass is 9.93. The second kappa shape index (κ2) is 11.8. The first-order chi connectivity index (χ1) is 20.5. The maximum Gasteiger partial charge on any atom is 0.296 e. The van der Waals surface area contributed by atoms with Gasteiger partial charge in [-0.2, -0.15) is 0 Å². The molecule has 0 aliphatic rings. The van der Waals surface area contributed by atoms with E-state index in [2.05, 4.69) is 20.9 Å². The maximum atomic E-state index is 13.3. The Labute approximate surface area is 249 Å². The van der Waals surface area contributed by atoms with Crippen LogP contribution in [0.3, 0.4) is 0 Å². The molecule has 2 aromatic heterocycles. The smallest absolute Gasteiger partial charge is 0.296 e. The Kier molecular flexibility index (Phi) is 7.98. The molecule has 9 heteroatoms. The highest BCUT2D eigenvalue weighted by atomic mass is 16.5. The fourth-order valence-corrected chi connectivity index (χ4v) is 4.51. The first-order valence-electron chi connectivity index (χ1n) is 13.7. The molecule has 2 amide bonds. The molecule has 0 spiro atoms. The number of nitrogens with one attached hydrogen (secondary N) is 3. The molecular weight excluding hydrogens is 544 g/mol. The number of aromatic nitrogens is 1. The number of anilines is 3. The zero-order valence-electron chi connectivity index (χ0n) is 24.6. The average molecular weight is 577 g/mol. The Morgan fingerprint density at radius 2 is 1.56 bits per heavy atom. The summed E-state index contributed by atoms with van der Waals surface area (Å²) in [6.45, 7) is 7.80. The predicted molar refractivity (Wildman–Crippen MR) is 166 cm³/mol. The molecule has 0 bridgehead atoms. The molecule has 43 heavy (non-hydrogen) atoms. The number of Topliss-reactive ketones (excluding diaryl/α,β-unsaturated/α-hetero) is 1. The van der Waals surface area contributed by atoms with E-state index in [0.717, 1.165) is 22.5 Å². The second-order valence-corrected chi connectivity index (χ2v) is 11.0. The Hall–Kier alpha value is -5.44. The van der Waals surface area contributed by atoms with Crippen LogP contribution in [-0.2, 0) is 10.2 Å². The number of hydrogen-bond donors (Lipinski definition) is 3. The van der Waals surface area contributed by atoms with Crippen molar-refractivity contribution in [3.63, 3.8) is 0 Å². The highest BCUT2D eigenvalue weighted by Gasteiger charge is 2.24. The van der Waals surface area contributed by atoms with Crippen LogP contribution in [0.15, 0.2) is 89.5 Å². The number of ketones is 1. The number of carbonyl (C=O) groups excluding carboxylic acids is 3. The van der Waals surface area contributed by atoms with Crippen molar-refractivity contribution >= 4 is 45.4 Å². The second-order valence-electron chi connectivity index (χ2n) is 11.0. The van der Waals surface area contributed by atoms with E-state index in [4.69, 9.17) is 9.15 Å². The van der Waals surface area contributed by atoms with Crippen LogP contribution >= 0.6 is 0 Å². The van der Waals surface area contributed by atoms with E-state index < -0.39 is 11.7 Å². The van der Waals surface area contributed by atoms with Crippen LogP contribution in [0, 0.1) is 6.92 Å². The molecule has 0 aliphatic heterocycles. The summed E-state index contributed by atoms with van der Waals surface area (Å²) in [6, 6.07) is 23.2. The van der Waals surface area contributed by atoms with Crippen LogP contribution in [0.4, 0.5) is 17.1 Å². The van der Waals surface area contributed by atoms with Crippen molar-refractivity contribution in [2.75, 3.05) is 17.7 Å². The number of fused-ring (bicyclic) bond motifs is 1. The summed E-state index contributed by atoms with van der Waals surface area (Å²) >= 11 is 0. The molecule has 0 saturated heterocycles. The largest absolute Gasteiger partial charge is 0.464 e. The van der Waals surface area contributed by atoms with Gasteiger partial charge in [0.25, 0.3) is 17.6 Å². The summed E-state index contributed by atoms with van der Waals surface area (Å²) in [7, 11) is 1.54. The minimum Gasteiger partial charge on any atom is -0.464 e. The SMILES string of the molecule is CNC(=O)c1cc(Oc2ccc(Nc3ccc(C(=O)C(=O)Nc4cc(C(C)(C)C)oc4C)c4ccccc34)cc2)ccn1. The van der Waals surface area contributed by atoms with Crippen molar-refractivity contribution in [3.05, 3.63) is 108 Å². The zero-order chi connectivity index (χ0) is 30.7. The number of hydrogen-bond acceptors (Lipinski definition) is 7. The average Bonchev–Trinajstić information content (AvgIpc) is 3.38. The number of nitrogens with zero attached hydrogens (tertiary/aromatic N) is 1. The number of ether oxygens (including phenoxy) is 1. The van der Waals surface area contributed by atoms with Gasteiger partial charge in [-0.05, 0) is 54.8 Å². The van der Waals surface area contributed by atoms with E-state index in [0.29, 0.717) is 33.9 Å². The first-order valence-corrected chi connectivity index (χ1v) is 13.7. The van der Waals surface area contributed by atoms with E-state index >= 15 is 0 Å². The van der Waals surface area contributed by atoms with Crippen molar-refractivity contribution in [2.45, 2.75) is 33.1 Å². The normalized spacial score (nSPS) is 11.2. The van der Waals surface area contributed by atoms with Crippen LogP contribution in [0.2, 0.25) is 0 Å². The third-order valence-electron chi connectivity index (χ3n) is 6.84. The van der Waals surface area contributed by atoms with E-state index in [1.807, 2.05) is 57.2 Å². The van der Waals surface area contributed by atoms with E-state index in [1.54, 1.807) is 56.4 Å². The van der Waals surface area contributed by atoms with Gasteiger partial charge < -0.3 is 25.1 Å². The molecule has 3 aromatic carbocycles. The minimum absolute atomic E-state index is 0.235. The van der Waals surface area contributed by atoms with Gasteiger partial charge in [-0.3, -0.25) is 19.4 Å². The highest BCUT2D eigenvalue weighted by molar-refractivity contribution is 6.48. The topological polar surface area (TPSA) is 123 Å². The molecule has 0 unspecified atom stereocenters. The Morgan fingerprint density at radius 1 is 0.837 bits per heavy atom. The highest BCUT2D eigenvalue weighted by Crippen LogP contribution is 2.32. The van der Waals surface area contributed by atoms with Crippen molar-refractivity contribution in [3.8, 4) is 11.5 Å². The van der Waals surface area contributed by atoms with Gasteiger partial charge in [0.1, 0.15) is 28.7 Å². The molecule has 3 N–H and O–H groups in total. The Bertz CT molecular complexity index is 1830. The summed E-state index contributed by atoms with van der Waals surface area (Å²) in [5.41, 5.74) is 2.37. The molecule has 0 saturated carbocycles. The lowest BCUT2D eigenvalue weighted by Crippen LogP contribution is -2.23. The Morgan fingerprint density at radius 3 is 2.23 bits per heavy atom. The number of amides is 2. The molecule has 0 atom stereocenters. The zero-order valence-corrected chi connectivity index (χ0v) is 24.6. The lowest BCUT2D eigenvalue weighted by Gasteiger charge is -2.14.